The Morgan fingerprint density at radius 1 is 1.24 bits per heavy atom. The van der Waals surface area contributed by atoms with Crippen LogP contribution in [0.1, 0.15) is 16.8 Å². The van der Waals surface area contributed by atoms with Crippen molar-refractivity contribution in [1.82, 2.24) is 9.97 Å². The van der Waals surface area contributed by atoms with Crippen LogP contribution in [-0.2, 0) is 11.5 Å². The molecule has 1 aliphatic heterocycles. The van der Waals surface area contributed by atoms with E-state index in [0.717, 1.165) is 28.3 Å². The van der Waals surface area contributed by atoms with Gasteiger partial charge in [-0.2, -0.15) is 11.8 Å². The average Bonchev–Trinajstić information content (AvgIpc) is 2.78. The molecule has 4 heteroatoms. The molecule has 0 saturated carbocycles. The lowest BCUT2D eigenvalue weighted by Crippen LogP contribution is -2.15. The van der Waals surface area contributed by atoms with Gasteiger partial charge in [-0.15, -0.1) is 0 Å². The Kier molecular flexibility index (Phi) is 2.52. The van der Waals surface area contributed by atoms with Crippen molar-refractivity contribution in [1.29, 1.82) is 0 Å². The van der Waals surface area contributed by atoms with Gasteiger partial charge in [0.05, 0.1) is 5.69 Å². The molecule has 0 unspecified atom stereocenters. The highest BCUT2D eigenvalue weighted by Crippen LogP contribution is 2.26. The third kappa shape index (κ3) is 1.89. The summed E-state index contributed by atoms with van der Waals surface area (Å²) in [5.41, 5.74) is 3.95. The molecule has 1 N–H and O–H groups in total. The second-order valence-electron chi connectivity index (χ2n) is 4.20. The van der Waals surface area contributed by atoms with Crippen LogP contribution in [0.4, 0.5) is 0 Å². The summed E-state index contributed by atoms with van der Waals surface area (Å²) in [6, 6.07) is 8.03. The molecule has 3 rings (SSSR count). The lowest BCUT2D eigenvalue weighted by Gasteiger charge is -2.03. The molecule has 17 heavy (non-hydrogen) atoms. The molecule has 1 aromatic carbocycles. The van der Waals surface area contributed by atoms with Crippen LogP contribution in [0.3, 0.4) is 0 Å². The van der Waals surface area contributed by atoms with E-state index in [4.69, 9.17) is 0 Å². The highest BCUT2D eigenvalue weighted by Gasteiger charge is 2.17. The lowest BCUT2D eigenvalue weighted by molar-refractivity contribution is 1.03. The second-order valence-corrected chi connectivity index (χ2v) is 5.18. The number of thioether (sulfide) groups is 1. The monoisotopic (exact) mass is 244 g/mol. The number of rotatable bonds is 1. The van der Waals surface area contributed by atoms with Crippen molar-refractivity contribution in [3.05, 3.63) is 51.4 Å². The molecule has 3 nitrogen and oxygen atoms in total. The topological polar surface area (TPSA) is 45.8 Å². The van der Waals surface area contributed by atoms with Crippen LogP contribution in [0.15, 0.2) is 29.1 Å². The summed E-state index contributed by atoms with van der Waals surface area (Å²) < 4.78 is 0. The maximum Gasteiger partial charge on any atom is 0.255 e. The molecule has 2 heterocycles. The van der Waals surface area contributed by atoms with Gasteiger partial charge in [-0.05, 0) is 6.92 Å². The number of fused-ring (bicyclic) bond motifs is 1. The maximum atomic E-state index is 11.9. The number of hydrogen-bond acceptors (Lipinski definition) is 3. The largest absolute Gasteiger partial charge is 0.306 e. The van der Waals surface area contributed by atoms with Crippen molar-refractivity contribution >= 4 is 11.8 Å². The average molecular weight is 244 g/mol. The van der Waals surface area contributed by atoms with E-state index in [-0.39, 0.29) is 5.56 Å². The van der Waals surface area contributed by atoms with Crippen LogP contribution < -0.4 is 5.56 Å². The fourth-order valence-electron chi connectivity index (χ4n) is 1.91. The van der Waals surface area contributed by atoms with Gasteiger partial charge in [-0.25, -0.2) is 4.98 Å². The van der Waals surface area contributed by atoms with Crippen molar-refractivity contribution in [3.63, 3.8) is 0 Å². The SMILES string of the molecule is Cc1ccc(-c2nc3c(c(=O)[nH]2)CSC3)cc1. The van der Waals surface area contributed by atoms with Crippen LogP contribution in [0.2, 0.25) is 0 Å². The molecular formula is C13H12N2OS. The molecule has 0 radical (unpaired) electrons. The minimum atomic E-state index is 0.00979. The Balaban J connectivity index is 2.13. The van der Waals surface area contributed by atoms with Crippen LogP contribution in [0.5, 0.6) is 0 Å². The summed E-state index contributed by atoms with van der Waals surface area (Å²) in [5.74, 6) is 2.31. The van der Waals surface area contributed by atoms with E-state index in [2.05, 4.69) is 9.97 Å². The molecule has 0 atom stereocenters. The molecule has 2 aromatic rings. The molecule has 0 amide bonds. The molecule has 86 valence electrons. The Labute approximate surface area is 103 Å². The smallest absolute Gasteiger partial charge is 0.255 e. The van der Waals surface area contributed by atoms with Crippen molar-refractivity contribution in [3.8, 4) is 11.4 Å². The first-order chi connectivity index (χ1) is 8.24. The number of aromatic nitrogens is 2. The van der Waals surface area contributed by atoms with Crippen LogP contribution in [0.25, 0.3) is 11.4 Å². The Morgan fingerprint density at radius 3 is 2.76 bits per heavy atom. The molecule has 0 saturated heterocycles. The zero-order valence-electron chi connectivity index (χ0n) is 9.49. The highest BCUT2D eigenvalue weighted by molar-refractivity contribution is 7.98. The molecule has 1 aliphatic rings. The van der Waals surface area contributed by atoms with E-state index < -0.39 is 0 Å². The number of aromatic amines is 1. The van der Waals surface area contributed by atoms with Gasteiger partial charge in [-0.1, -0.05) is 29.8 Å². The molecular weight excluding hydrogens is 232 g/mol. The van der Waals surface area contributed by atoms with Gasteiger partial charge in [0.25, 0.3) is 5.56 Å². The van der Waals surface area contributed by atoms with Crippen molar-refractivity contribution in [2.75, 3.05) is 0 Å². The minimum Gasteiger partial charge on any atom is -0.306 e. The van der Waals surface area contributed by atoms with E-state index in [9.17, 15) is 4.79 Å². The fourth-order valence-corrected chi connectivity index (χ4v) is 2.95. The van der Waals surface area contributed by atoms with Gasteiger partial charge >= 0.3 is 0 Å². The first-order valence-electron chi connectivity index (χ1n) is 5.51. The summed E-state index contributed by atoms with van der Waals surface area (Å²) in [4.78, 5) is 19.3. The van der Waals surface area contributed by atoms with Crippen LogP contribution in [0, 0.1) is 6.92 Å². The normalized spacial score (nSPS) is 13.7. The number of benzene rings is 1. The summed E-state index contributed by atoms with van der Waals surface area (Å²) >= 11 is 1.74. The van der Waals surface area contributed by atoms with Gasteiger partial charge in [0, 0.05) is 22.6 Å². The number of nitrogens with zero attached hydrogens (tertiary/aromatic N) is 1. The van der Waals surface area contributed by atoms with Crippen LogP contribution in [-0.4, -0.2) is 9.97 Å². The molecule has 0 spiro atoms. The van der Waals surface area contributed by atoms with Crippen molar-refractivity contribution in [2.45, 2.75) is 18.4 Å². The maximum absolute atomic E-state index is 11.9. The minimum absolute atomic E-state index is 0.00979. The molecule has 1 aromatic heterocycles. The van der Waals surface area contributed by atoms with E-state index in [0.29, 0.717) is 5.82 Å². The highest BCUT2D eigenvalue weighted by atomic mass is 32.2. The van der Waals surface area contributed by atoms with E-state index in [1.165, 1.54) is 5.56 Å². The molecule has 0 fully saturated rings. The van der Waals surface area contributed by atoms with Crippen LogP contribution >= 0.6 is 11.8 Å². The standard InChI is InChI=1S/C13H12N2OS/c1-8-2-4-9(5-3-8)12-14-11-7-17-6-10(11)13(16)15-12/h2-5H,6-7H2,1H3,(H,14,15,16). The number of aryl methyl sites for hydroxylation is 1. The molecule has 0 bridgehead atoms. The number of hydrogen-bond donors (Lipinski definition) is 1. The summed E-state index contributed by atoms with van der Waals surface area (Å²) in [5, 5.41) is 0. The van der Waals surface area contributed by atoms with Crippen molar-refractivity contribution < 1.29 is 0 Å². The number of H-pyrrole nitrogens is 1. The third-order valence-electron chi connectivity index (χ3n) is 2.91. The number of nitrogens with one attached hydrogen (secondary N) is 1. The Morgan fingerprint density at radius 2 is 2.00 bits per heavy atom. The predicted molar refractivity (Wildman–Crippen MR) is 70.0 cm³/mol. The first-order valence-corrected chi connectivity index (χ1v) is 6.66. The van der Waals surface area contributed by atoms with Gasteiger partial charge < -0.3 is 4.98 Å². The zero-order valence-corrected chi connectivity index (χ0v) is 10.3. The lowest BCUT2D eigenvalue weighted by atomic mass is 10.1. The third-order valence-corrected chi connectivity index (χ3v) is 3.88. The van der Waals surface area contributed by atoms with Gasteiger partial charge in [-0.3, -0.25) is 4.79 Å². The van der Waals surface area contributed by atoms with E-state index in [1.807, 2.05) is 31.2 Å². The Hall–Kier alpha value is -1.55. The predicted octanol–water partition coefficient (Wildman–Crippen LogP) is 2.49. The van der Waals surface area contributed by atoms with E-state index >= 15 is 0 Å². The van der Waals surface area contributed by atoms with Crippen molar-refractivity contribution in [2.24, 2.45) is 0 Å². The quantitative estimate of drug-likeness (QED) is 0.838. The zero-order chi connectivity index (χ0) is 11.8. The van der Waals surface area contributed by atoms with Gasteiger partial charge in [0.2, 0.25) is 0 Å². The summed E-state index contributed by atoms with van der Waals surface area (Å²) in [6.45, 7) is 2.04. The second kappa shape index (κ2) is 4.04. The van der Waals surface area contributed by atoms with Gasteiger partial charge in [0.1, 0.15) is 5.82 Å². The van der Waals surface area contributed by atoms with E-state index in [1.54, 1.807) is 11.8 Å². The fraction of sp³-hybridized carbons (Fsp3) is 0.231. The molecule has 0 aliphatic carbocycles. The summed E-state index contributed by atoms with van der Waals surface area (Å²) in [6.07, 6.45) is 0. The Bertz CT molecular complexity index is 616. The summed E-state index contributed by atoms with van der Waals surface area (Å²) in [7, 11) is 0. The first kappa shape index (κ1) is 10.6. The van der Waals surface area contributed by atoms with Gasteiger partial charge in [0.15, 0.2) is 0 Å².